The van der Waals surface area contributed by atoms with Gasteiger partial charge in [-0.1, -0.05) is 0 Å². The minimum absolute atomic E-state index is 0.317. The Kier molecular flexibility index (Phi) is 4.22. The van der Waals surface area contributed by atoms with Gasteiger partial charge in [0.1, 0.15) is 17.1 Å². The Balaban J connectivity index is 1.64. The summed E-state index contributed by atoms with van der Waals surface area (Å²) in [5, 5.41) is 3.58. The molecule has 6 heteroatoms. The summed E-state index contributed by atoms with van der Waals surface area (Å²) in [6.07, 6.45) is 4.77. The highest BCUT2D eigenvalue weighted by Gasteiger charge is 2.13. The molecule has 0 saturated heterocycles. The Bertz CT molecular complexity index is 1160. The minimum atomic E-state index is -0.442. The molecule has 134 valence electrons. The largest absolute Gasteiger partial charge is 0.497 e. The van der Waals surface area contributed by atoms with E-state index in [4.69, 9.17) is 13.9 Å². The maximum Gasteiger partial charge on any atom is 0.336 e. The molecule has 0 radical (unpaired) electrons. The monoisotopic (exact) mass is 361 g/mol. The van der Waals surface area contributed by atoms with E-state index in [0.717, 1.165) is 10.9 Å². The van der Waals surface area contributed by atoms with Crippen LogP contribution >= 0.6 is 0 Å². The van der Waals surface area contributed by atoms with Gasteiger partial charge in [0.25, 0.3) is 5.91 Å². The number of ether oxygens (including phenoxy) is 2. The molecule has 4 rings (SSSR count). The first-order chi connectivity index (χ1) is 13.1. The first-order valence-corrected chi connectivity index (χ1v) is 8.20. The number of fused-ring (bicyclic) bond motifs is 2. The average molecular weight is 361 g/mol. The minimum Gasteiger partial charge on any atom is -0.497 e. The number of carbonyl (C=O) groups is 1. The number of amides is 1. The fraction of sp³-hybridized carbons (Fsp3) is 0.0476. The van der Waals surface area contributed by atoms with Crippen molar-refractivity contribution in [2.75, 3.05) is 12.4 Å². The lowest BCUT2D eigenvalue weighted by molar-refractivity contribution is -0.112. The maximum atomic E-state index is 12.7. The molecular weight excluding hydrogens is 346 g/mol. The van der Waals surface area contributed by atoms with Gasteiger partial charge in [0.2, 0.25) is 0 Å². The molecule has 0 unspecified atom stereocenters. The van der Waals surface area contributed by atoms with Crippen molar-refractivity contribution in [3.05, 3.63) is 82.4 Å². The third-order valence-electron chi connectivity index (χ3n) is 4.11. The van der Waals surface area contributed by atoms with Crippen molar-refractivity contribution < 1.29 is 18.7 Å². The topological polar surface area (TPSA) is 77.8 Å². The summed E-state index contributed by atoms with van der Waals surface area (Å²) in [4.78, 5) is 24.1. The summed E-state index contributed by atoms with van der Waals surface area (Å²) in [5.41, 5.74) is 1.63. The van der Waals surface area contributed by atoms with Crippen LogP contribution in [-0.2, 0) is 4.79 Å². The Morgan fingerprint density at radius 2 is 1.93 bits per heavy atom. The summed E-state index contributed by atoms with van der Waals surface area (Å²) in [5.74, 6) is 0.977. The second kappa shape index (κ2) is 6.84. The molecule has 1 N–H and O–H groups in total. The van der Waals surface area contributed by atoms with Crippen LogP contribution < -0.4 is 20.4 Å². The number of carbonyl (C=O) groups excluding carboxylic acids is 1. The third kappa shape index (κ3) is 3.46. The number of hydrogen-bond donors (Lipinski definition) is 1. The summed E-state index contributed by atoms with van der Waals surface area (Å²) < 4.78 is 15.9. The van der Waals surface area contributed by atoms with Gasteiger partial charge in [-0.2, -0.15) is 0 Å². The lowest BCUT2D eigenvalue weighted by atomic mass is 10.1. The van der Waals surface area contributed by atoms with E-state index in [-0.39, 0.29) is 5.91 Å². The van der Waals surface area contributed by atoms with Crippen LogP contribution in [0.15, 0.2) is 75.7 Å². The molecule has 2 aromatic carbocycles. The van der Waals surface area contributed by atoms with Crippen molar-refractivity contribution in [1.29, 1.82) is 0 Å². The van der Waals surface area contributed by atoms with Crippen LogP contribution in [0.2, 0.25) is 0 Å². The molecule has 27 heavy (non-hydrogen) atoms. The molecule has 6 nitrogen and oxygen atoms in total. The third-order valence-corrected chi connectivity index (χ3v) is 4.11. The van der Waals surface area contributed by atoms with Gasteiger partial charge >= 0.3 is 5.63 Å². The number of anilines is 1. The van der Waals surface area contributed by atoms with Crippen LogP contribution in [-0.4, -0.2) is 13.0 Å². The summed E-state index contributed by atoms with van der Waals surface area (Å²) in [7, 11) is 1.58. The van der Waals surface area contributed by atoms with Crippen LogP contribution in [0.3, 0.4) is 0 Å². The number of hydrogen-bond acceptors (Lipinski definition) is 5. The highest BCUT2D eigenvalue weighted by Crippen LogP contribution is 2.29. The van der Waals surface area contributed by atoms with Gasteiger partial charge in [-0.3, -0.25) is 4.79 Å². The second-order valence-corrected chi connectivity index (χ2v) is 5.89. The lowest BCUT2D eigenvalue weighted by Crippen LogP contribution is -2.13. The molecule has 0 spiro atoms. The van der Waals surface area contributed by atoms with Crippen molar-refractivity contribution in [2.45, 2.75) is 0 Å². The molecule has 1 amide bonds. The van der Waals surface area contributed by atoms with Gasteiger partial charge in [-0.05, 0) is 48.6 Å². The van der Waals surface area contributed by atoms with E-state index in [9.17, 15) is 9.59 Å². The van der Waals surface area contributed by atoms with E-state index in [1.54, 1.807) is 61.7 Å². The SMILES string of the molecule is COc1ccc2c(c1)C=C(C(=O)Nc1ccc3ccc(=O)oc3c1)C=CO2. The van der Waals surface area contributed by atoms with E-state index in [2.05, 4.69) is 5.32 Å². The predicted molar refractivity (Wildman–Crippen MR) is 102 cm³/mol. The van der Waals surface area contributed by atoms with Crippen molar-refractivity contribution in [3.8, 4) is 11.5 Å². The van der Waals surface area contributed by atoms with Gasteiger partial charge in [-0.15, -0.1) is 0 Å². The Morgan fingerprint density at radius 1 is 1.07 bits per heavy atom. The van der Waals surface area contributed by atoms with Crippen LogP contribution in [0.1, 0.15) is 5.56 Å². The summed E-state index contributed by atoms with van der Waals surface area (Å²) >= 11 is 0. The fourth-order valence-electron chi connectivity index (χ4n) is 2.75. The molecule has 0 atom stereocenters. The maximum absolute atomic E-state index is 12.7. The van der Waals surface area contributed by atoms with E-state index >= 15 is 0 Å². The molecule has 2 heterocycles. The molecule has 1 aliphatic heterocycles. The molecule has 1 aromatic heterocycles. The van der Waals surface area contributed by atoms with Gasteiger partial charge in [0.05, 0.1) is 13.4 Å². The number of rotatable bonds is 3. The van der Waals surface area contributed by atoms with Crippen molar-refractivity contribution in [2.24, 2.45) is 0 Å². The van der Waals surface area contributed by atoms with Gasteiger partial charge in [0.15, 0.2) is 0 Å². The number of nitrogens with one attached hydrogen (secondary N) is 1. The first kappa shape index (κ1) is 16.7. The Labute approximate surface area is 154 Å². The lowest BCUT2D eigenvalue weighted by Gasteiger charge is -2.07. The van der Waals surface area contributed by atoms with Gasteiger partial charge in [0, 0.05) is 34.3 Å². The molecule has 0 aliphatic carbocycles. The predicted octanol–water partition coefficient (Wildman–Crippen LogP) is 3.73. The molecular formula is C21H15NO5. The van der Waals surface area contributed by atoms with E-state index in [1.807, 2.05) is 0 Å². The normalized spacial score (nSPS) is 12.6. The van der Waals surface area contributed by atoms with Crippen LogP contribution in [0.4, 0.5) is 5.69 Å². The fourth-order valence-corrected chi connectivity index (χ4v) is 2.75. The zero-order valence-electron chi connectivity index (χ0n) is 14.4. The number of benzene rings is 2. The van der Waals surface area contributed by atoms with Gasteiger partial charge < -0.3 is 19.2 Å². The first-order valence-electron chi connectivity index (χ1n) is 8.20. The van der Waals surface area contributed by atoms with Crippen LogP contribution in [0.25, 0.3) is 17.0 Å². The Morgan fingerprint density at radius 3 is 2.78 bits per heavy atom. The van der Waals surface area contributed by atoms with E-state index in [1.165, 1.54) is 12.3 Å². The molecule has 0 bridgehead atoms. The Hall–Kier alpha value is -3.80. The molecule has 0 saturated carbocycles. The summed E-state index contributed by atoms with van der Waals surface area (Å²) in [6, 6.07) is 13.5. The van der Waals surface area contributed by atoms with Crippen molar-refractivity contribution in [1.82, 2.24) is 0 Å². The zero-order chi connectivity index (χ0) is 18.8. The standard InChI is InChI=1S/C21H15NO5/c1-25-17-5-6-18-15(11-17)10-14(8-9-26-18)21(24)22-16-4-2-13-3-7-20(23)27-19(13)12-16/h2-12H,1H3,(H,22,24). The van der Waals surface area contributed by atoms with E-state index < -0.39 is 5.63 Å². The quantitative estimate of drug-likeness (QED) is 0.719. The average Bonchev–Trinajstić information content (AvgIpc) is 2.89. The zero-order valence-corrected chi connectivity index (χ0v) is 14.4. The summed E-state index contributed by atoms with van der Waals surface area (Å²) in [6.45, 7) is 0. The highest BCUT2D eigenvalue weighted by atomic mass is 16.5. The van der Waals surface area contributed by atoms with Crippen molar-refractivity contribution >= 4 is 28.6 Å². The second-order valence-electron chi connectivity index (χ2n) is 5.89. The smallest absolute Gasteiger partial charge is 0.336 e. The molecule has 3 aromatic rings. The van der Waals surface area contributed by atoms with Crippen molar-refractivity contribution in [3.63, 3.8) is 0 Å². The van der Waals surface area contributed by atoms with Gasteiger partial charge in [-0.25, -0.2) is 4.79 Å². The molecule has 1 aliphatic rings. The van der Waals surface area contributed by atoms with E-state index in [0.29, 0.717) is 28.3 Å². The highest BCUT2D eigenvalue weighted by molar-refractivity contribution is 6.09. The van der Waals surface area contributed by atoms with Crippen LogP contribution in [0, 0.1) is 0 Å². The molecule has 0 fully saturated rings. The number of methoxy groups -OCH3 is 1. The van der Waals surface area contributed by atoms with Crippen LogP contribution in [0.5, 0.6) is 11.5 Å².